The lowest BCUT2D eigenvalue weighted by molar-refractivity contribution is 0.350. The minimum Gasteiger partial charge on any atom is -0.497 e. The molecule has 1 aromatic rings. The molecule has 1 N–H and O–H groups in total. The Morgan fingerprint density at radius 2 is 2.28 bits per heavy atom. The highest BCUT2D eigenvalue weighted by Gasteiger charge is 2.20. The molecule has 98 valence electrons. The van der Waals surface area contributed by atoms with E-state index in [4.69, 9.17) is 9.47 Å². The summed E-state index contributed by atoms with van der Waals surface area (Å²) in [6.07, 6.45) is 2.56. The molecule has 1 aliphatic rings. The van der Waals surface area contributed by atoms with Gasteiger partial charge in [-0.2, -0.15) is 0 Å². The molecule has 1 aliphatic carbocycles. The van der Waals surface area contributed by atoms with Crippen molar-refractivity contribution in [3.8, 4) is 11.5 Å². The van der Waals surface area contributed by atoms with Gasteiger partial charge in [0.25, 0.3) is 0 Å². The van der Waals surface area contributed by atoms with Gasteiger partial charge in [0.15, 0.2) is 0 Å². The van der Waals surface area contributed by atoms with Crippen molar-refractivity contribution in [2.24, 2.45) is 0 Å². The summed E-state index contributed by atoms with van der Waals surface area (Å²) in [5.41, 5.74) is 1.15. The summed E-state index contributed by atoms with van der Waals surface area (Å²) in [6.45, 7) is 5.07. The van der Waals surface area contributed by atoms with Crippen LogP contribution < -0.4 is 14.8 Å². The molecule has 0 spiro atoms. The molecule has 0 radical (unpaired) electrons. The minimum absolute atomic E-state index is 0.462. The van der Waals surface area contributed by atoms with Gasteiger partial charge < -0.3 is 14.8 Å². The predicted molar refractivity (Wildman–Crippen MR) is 76.4 cm³/mol. The predicted octanol–water partition coefficient (Wildman–Crippen LogP) is 3.23. The van der Waals surface area contributed by atoms with Crippen LogP contribution in [0.5, 0.6) is 11.5 Å². The van der Waals surface area contributed by atoms with Crippen molar-refractivity contribution in [2.45, 2.75) is 25.4 Å². The summed E-state index contributed by atoms with van der Waals surface area (Å²) in [6, 6.07) is 6.60. The number of nitrogens with one attached hydrogen (secondary N) is 1. The monoisotopic (exact) mass is 311 g/mol. The second-order valence-corrected chi connectivity index (χ2v) is 5.56. The van der Waals surface area contributed by atoms with Gasteiger partial charge in [-0.1, -0.05) is 28.6 Å². The van der Waals surface area contributed by atoms with Crippen LogP contribution in [0.2, 0.25) is 0 Å². The smallest absolute Gasteiger partial charge is 0.128 e. The molecule has 0 saturated heterocycles. The van der Waals surface area contributed by atoms with Crippen molar-refractivity contribution in [3.05, 3.63) is 34.8 Å². The molecule has 18 heavy (non-hydrogen) atoms. The number of rotatable bonds is 7. The molecule has 1 fully saturated rings. The third-order valence-electron chi connectivity index (χ3n) is 2.82. The second kappa shape index (κ2) is 6.25. The van der Waals surface area contributed by atoms with E-state index in [0.29, 0.717) is 12.6 Å². The van der Waals surface area contributed by atoms with E-state index in [9.17, 15) is 0 Å². The van der Waals surface area contributed by atoms with Crippen molar-refractivity contribution in [1.29, 1.82) is 0 Å². The molecule has 2 rings (SSSR count). The van der Waals surface area contributed by atoms with E-state index in [2.05, 4.69) is 27.8 Å². The molecular formula is C14H18BrNO2. The summed E-state index contributed by atoms with van der Waals surface area (Å²) in [5, 5.41) is 3.48. The van der Waals surface area contributed by atoms with Crippen molar-refractivity contribution < 1.29 is 9.47 Å². The molecule has 1 saturated carbocycles. The average Bonchev–Trinajstić information content (AvgIpc) is 3.18. The Labute approximate surface area is 116 Å². The zero-order valence-electron chi connectivity index (χ0n) is 10.5. The first-order chi connectivity index (χ1) is 8.69. The third-order valence-corrected chi connectivity index (χ3v) is 3.05. The molecule has 1 aromatic carbocycles. The van der Waals surface area contributed by atoms with E-state index in [0.717, 1.165) is 28.1 Å². The zero-order valence-corrected chi connectivity index (χ0v) is 12.1. The third kappa shape index (κ3) is 4.03. The highest BCUT2D eigenvalue weighted by atomic mass is 79.9. The summed E-state index contributed by atoms with van der Waals surface area (Å²) in [7, 11) is 1.66. The van der Waals surface area contributed by atoms with Crippen LogP contribution in [0.4, 0.5) is 0 Å². The van der Waals surface area contributed by atoms with Crippen LogP contribution in [-0.2, 0) is 6.54 Å². The summed E-state index contributed by atoms with van der Waals surface area (Å²) in [4.78, 5) is 0. The van der Waals surface area contributed by atoms with Crippen LogP contribution in [0.1, 0.15) is 18.4 Å². The van der Waals surface area contributed by atoms with E-state index in [1.807, 2.05) is 18.2 Å². The fourth-order valence-corrected chi connectivity index (χ4v) is 1.75. The molecule has 0 amide bonds. The van der Waals surface area contributed by atoms with Crippen LogP contribution in [0.25, 0.3) is 0 Å². The molecule has 3 nitrogen and oxygen atoms in total. The summed E-state index contributed by atoms with van der Waals surface area (Å²) in [5.74, 6) is 1.66. The van der Waals surface area contributed by atoms with Crippen LogP contribution in [0, 0.1) is 0 Å². The first-order valence-electron chi connectivity index (χ1n) is 6.05. The van der Waals surface area contributed by atoms with Crippen LogP contribution in [-0.4, -0.2) is 19.8 Å². The Morgan fingerprint density at radius 1 is 1.50 bits per heavy atom. The van der Waals surface area contributed by atoms with E-state index in [1.54, 1.807) is 7.11 Å². The molecule has 4 heteroatoms. The van der Waals surface area contributed by atoms with Gasteiger partial charge in [0.2, 0.25) is 0 Å². The molecular weight excluding hydrogens is 294 g/mol. The first kappa shape index (κ1) is 13.4. The fraction of sp³-hybridized carbons (Fsp3) is 0.429. The molecule has 0 bridgehead atoms. The van der Waals surface area contributed by atoms with Crippen molar-refractivity contribution >= 4 is 15.9 Å². The number of hydrogen-bond donors (Lipinski definition) is 1. The van der Waals surface area contributed by atoms with E-state index >= 15 is 0 Å². The number of ether oxygens (including phenoxy) is 2. The maximum absolute atomic E-state index is 5.73. The van der Waals surface area contributed by atoms with Crippen LogP contribution in [0.15, 0.2) is 29.3 Å². The van der Waals surface area contributed by atoms with Crippen molar-refractivity contribution in [1.82, 2.24) is 5.32 Å². The second-order valence-electron chi connectivity index (χ2n) is 4.43. The van der Waals surface area contributed by atoms with Crippen molar-refractivity contribution in [3.63, 3.8) is 0 Å². The lowest BCUT2D eigenvalue weighted by Gasteiger charge is -2.13. The topological polar surface area (TPSA) is 30.5 Å². The van der Waals surface area contributed by atoms with E-state index in [-0.39, 0.29) is 0 Å². The molecule has 0 aromatic heterocycles. The van der Waals surface area contributed by atoms with Crippen LogP contribution >= 0.6 is 15.9 Å². The molecule has 0 atom stereocenters. The van der Waals surface area contributed by atoms with E-state index < -0.39 is 0 Å². The number of methoxy groups -OCH3 is 1. The Balaban J connectivity index is 2.05. The lowest BCUT2D eigenvalue weighted by Crippen LogP contribution is -2.16. The maximum Gasteiger partial charge on any atom is 0.128 e. The van der Waals surface area contributed by atoms with Gasteiger partial charge in [-0.3, -0.25) is 0 Å². The van der Waals surface area contributed by atoms with Gasteiger partial charge >= 0.3 is 0 Å². The van der Waals surface area contributed by atoms with Gasteiger partial charge in [-0.15, -0.1) is 0 Å². The standard InChI is InChI=1S/C14H18BrNO2/c1-10(15)9-18-14-7-13(17-2)6-3-11(14)8-16-12-4-5-12/h3,6-7,12,16H,1,4-5,8-9H2,2H3. The van der Waals surface area contributed by atoms with Crippen LogP contribution in [0.3, 0.4) is 0 Å². The molecule has 0 aliphatic heterocycles. The maximum atomic E-state index is 5.73. The normalized spacial score (nSPS) is 14.3. The Bertz CT molecular complexity index is 430. The van der Waals surface area contributed by atoms with Crippen molar-refractivity contribution in [2.75, 3.05) is 13.7 Å². The highest BCUT2D eigenvalue weighted by molar-refractivity contribution is 9.11. The Morgan fingerprint density at radius 3 is 2.89 bits per heavy atom. The Kier molecular flexibility index (Phi) is 4.66. The SMILES string of the molecule is C=C(Br)COc1cc(OC)ccc1CNC1CC1. The number of hydrogen-bond acceptors (Lipinski definition) is 3. The molecule has 0 heterocycles. The fourth-order valence-electron chi connectivity index (χ4n) is 1.64. The van der Waals surface area contributed by atoms with Gasteiger partial charge in [-0.05, 0) is 18.9 Å². The van der Waals surface area contributed by atoms with Gasteiger partial charge in [-0.25, -0.2) is 0 Å². The van der Waals surface area contributed by atoms with Gasteiger partial charge in [0.05, 0.1) is 7.11 Å². The Hall–Kier alpha value is -1.00. The quantitative estimate of drug-likeness (QED) is 0.838. The highest BCUT2D eigenvalue weighted by Crippen LogP contribution is 2.27. The summed E-state index contributed by atoms with van der Waals surface area (Å²) < 4.78 is 11.8. The number of halogens is 1. The molecule has 0 unspecified atom stereocenters. The first-order valence-corrected chi connectivity index (χ1v) is 6.84. The average molecular weight is 312 g/mol. The van der Waals surface area contributed by atoms with Gasteiger partial charge in [0, 0.05) is 28.7 Å². The number of benzene rings is 1. The van der Waals surface area contributed by atoms with Gasteiger partial charge in [0.1, 0.15) is 18.1 Å². The van der Waals surface area contributed by atoms with E-state index in [1.165, 1.54) is 12.8 Å². The lowest BCUT2D eigenvalue weighted by atomic mass is 10.2. The summed E-state index contributed by atoms with van der Waals surface area (Å²) >= 11 is 3.30. The largest absolute Gasteiger partial charge is 0.497 e. The zero-order chi connectivity index (χ0) is 13.0. The minimum atomic E-state index is 0.462.